The molecule has 0 spiro atoms. The van der Waals surface area contributed by atoms with Crippen molar-refractivity contribution in [3.8, 4) is 0 Å². The van der Waals surface area contributed by atoms with E-state index in [1.807, 2.05) is 0 Å². The molecule has 27 heavy (non-hydrogen) atoms. The number of rotatable bonds is 17. The minimum absolute atomic E-state index is 0.0719. The second-order valence-corrected chi connectivity index (χ2v) is 6.06. The molecule has 0 saturated heterocycles. The van der Waals surface area contributed by atoms with Gasteiger partial charge in [-0.25, -0.2) is 0 Å². The van der Waals surface area contributed by atoms with Gasteiger partial charge in [-0.1, -0.05) is 0 Å². The normalized spacial score (nSPS) is 14.6. The summed E-state index contributed by atoms with van der Waals surface area (Å²) in [6.45, 7) is 2.38. The summed E-state index contributed by atoms with van der Waals surface area (Å²) < 4.78 is 20.6. The minimum Gasteiger partial charge on any atom is -0.377 e. The van der Waals surface area contributed by atoms with Crippen LogP contribution in [0.3, 0.4) is 0 Å². The monoisotopic (exact) mass is 390 g/mol. The van der Waals surface area contributed by atoms with Gasteiger partial charge in [-0.3, -0.25) is 14.4 Å². The number of primary amides is 1. The maximum atomic E-state index is 11.5. The number of hydrogen-bond acceptors (Lipinski definition) is 8. The Bertz CT molecular complexity index is 472. The molecular weight excluding hydrogens is 360 g/mol. The van der Waals surface area contributed by atoms with E-state index >= 15 is 0 Å². The van der Waals surface area contributed by atoms with Crippen LogP contribution < -0.4 is 22.1 Å². The molecule has 0 atom stereocenters. The number of carbonyl (C=O) groups excluding carboxylic acids is 3. The van der Waals surface area contributed by atoms with Crippen LogP contribution in [0.25, 0.3) is 0 Å². The highest BCUT2D eigenvalue weighted by Crippen LogP contribution is 2.31. The first-order chi connectivity index (χ1) is 12.9. The summed E-state index contributed by atoms with van der Waals surface area (Å²) in [4.78, 5) is 33.5. The van der Waals surface area contributed by atoms with E-state index in [9.17, 15) is 14.4 Å². The molecule has 1 fully saturated rings. The molecule has 0 aromatic carbocycles. The zero-order chi connectivity index (χ0) is 20.0. The van der Waals surface area contributed by atoms with E-state index in [2.05, 4.69) is 10.6 Å². The quantitative estimate of drug-likeness (QED) is 0.194. The van der Waals surface area contributed by atoms with Gasteiger partial charge in [0, 0.05) is 13.1 Å². The van der Waals surface area contributed by atoms with Crippen molar-refractivity contribution >= 4 is 17.7 Å². The Morgan fingerprint density at radius 1 is 0.778 bits per heavy atom. The Labute approximate surface area is 158 Å². The van der Waals surface area contributed by atoms with Crippen molar-refractivity contribution in [2.45, 2.75) is 18.4 Å². The van der Waals surface area contributed by atoms with Gasteiger partial charge in [-0.05, 0) is 12.8 Å². The van der Waals surface area contributed by atoms with Crippen molar-refractivity contribution in [1.29, 1.82) is 0 Å². The van der Waals surface area contributed by atoms with Crippen LogP contribution in [0.1, 0.15) is 12.8 Å². The van der Waals surface area contributed by atoms with Crippen molar-refractivity contribution in [3.63, 3.8) is 0 Å². The van der Waals surface area contributed by atoms with Crippen LogP contribution in [0.4, 0.5) is 0 Å². The van der Waals surface area contributed by atoms with Gasteiger partial charge in [0.25, 0.3) is 0 Å². The van der Waals surface area contributed by atoms with Gasteiger partial charge in [0.1, 0.15) is 13.2 Å². The van der Waals surface area contributed by atoms with E-state index in [1.54, 1.807) is 0 Å². The lowest BCUT2D eigenvalue weighted by Crippen LogP contribution is -2.43. The average molecular weight is 390 g/mol. The highest BCUT2D eigenvalue weighted by atomic mass is 16.5. The highest BCUT2D eigenvalue weighted by molar-refractivity contribution is 5.88. The summed E-state index contributed by atoms with van der Waals surface area (Å²) in [5, 5.41) is 5.34. The van der Waals surface area contributed by atoms with Crippen molar-refractivity contribution < 1.29 is 33.3 Å². The summed E-state index contributed by atoms with van der Waals surface area (Å²) >= 11 is 0. The van der Waals surface area contributed by atoms with Crippen LogP contribution in [0, 0.1) is 0 Å². The molecule has 0 bridgehead atoms. The van der Waals surface area contributed by atoms with Gasteiger partial charge in [-0.2, -0.15) is 0 Å². The predicted molar refractivity (Wildman–Crippen MR) is 94.6 cm³/mol. The molecule has 1 saturated carbocycles. The lowest BCUT2D eigenvalue weighted by Gasteiger charge is -2.10. The Hall–Kier alpha value is -1.79. The molecule has 1 aliphatic rings. The first-order valence-corrected chi connectivity index (χ1v) is 8.87. The zero-order valence-corrected chi connectivity index (χ0v) is 15.5. The van der Waals surface area contributed by atoms with E-state index in [1.165, 1.54) is 0 Å². The molecule has 11 nitrogen and oxygen atoms in total. The molecule has 1 rings (SSSR count). The summed E-state index contributed by atoms with van der Waals surface area (Å²) in [5.74, 6) is -0.924. The zero-order valence-electron chi connectivity index (χ0n) is 15.5. The highest BCUT2D eigenvalue weighted by Gasteiger charge is 2.45. The summed E-state index contributed by atoms with van der Waals surface area (Å²) in [6, 6.07) is 0. The predicted octanol–water partition coefficient (Wildman–Crippen LogP) is -2.74. The molecule has 156 valence electrons. The van der Waals surface area contributed by atoms with Crippen molar-refractivity contribution in [2.75, 3.05) is 65.9 Å². The Morgan fingerprint density at radius 2 is 1.30 bits per heavy atom. The molecule has 0 aromatic rings. The van der Waals surface area contributed by atoms with Gasteiger partial charge in [0.05, 0.1) is 45.2 Å². The molecule has 6 N–H and O–H groups in total. The number of nitrogens with two attached hydrogens (primary N) is 2. The number of hydrogen-bond donors (Lipinski definition) is 4. The van der Waals surface area contributed by atoms with Crippen LogP contribution in [-0.4, -0.2) is 89.2 Å². The van der Waals surface area contributed by atoms with E-state index in [-0.39, 0.29) is 38.2 Å². The smallest absolute Gasteiger partial charge is 0.246 e. The number of amides is 3. The van der Waals surface area contributed by atoms with E-state index in [4.69, 9.17) is 30.4 Å². The fourth-order valence-electron chi connectivity index (χ4n) is 1.87. The fraction of sp³-hybridized carbons (Fsp3) is 0.812. The molecule has 0 aliphatic heterocycles. The minimum atomic E-state index is -0.666. The van der Waals surface area contributed by atoms with Crippen LogP contribution in [-0.2, 0) is 33.3 Å². The second-order valence-electron chi connectivity index (χ2n) is 6.06. The standard InChI is InChI=1S/C16H30N4O7/c17-13(21)11-26-9-7-24-5-3-19-14(22)12-27-10-8-25-6-4-20-15(23)16(18)1-2-16/h1-12,18H2,(H2,17,21)(H,19,22)(H,20,23). The Balaban J connectivity index is 1.78. The lowest BCUT2D eigenvalue weighted by molar-refractivity contribution is -0.127. The SMILES string of the molecule is NC(=O)COCCOCCNC(=O)COCCOCCNC(=O)C1(N)CC1. The third-order valence-corrected chi connectivity index (χ3v) is 3.56. The van der Waals surface area contributed by atoms with Gasteiger partial charge < -0.3 is 41.0 Å². The largest absolute Gasteiger partial charge is 0.377 e. The van der Waals surface area contributed by atoms with Crippen LogP contribution >= 0.6 is 0 Å². The van der Waals surface area contributed by atoms with Crippen molar-refractivity contribution in [1.82, 2.24) is 10.6 Å². The fourth-order valence-corrected chi connectivity index (χ4v) is 1.87. The summed E-state index contributed by atoms with van der Waals surface area (Å²) in [7, 11) is 0. The number of carbonyl (C=O) groups is 3. The van der Waals surface area contributed by atoms with Gasteiger partial charge in [0.15, 0.2) is 0 Å². The van der Waals surface area contributed by atoms with Crippen LogP contribution in [0.5, 0.6) is 0 Å². The molecule has 0 unspecified atom stereocenters. The maximum absolute atomic E-state index is 11.5. The Morgan fingerprint density at radius 3 is 1.85 bits per heavy atom. The first-order valence-electron chi connectivity index (χ1n) is 8.87. The van der Waals surface area contributed by atoms with Gasteiger partial charge in [0.2, 0.25) is 17.7 Å². The van der Waals surface area contributed by atoms with E-state index in [0.29, 0.717) is 39.5 Å². The maximum Gasteiger partial charge on any atom is 0.246 e. The van der Waals surface area contributed by atoms with Gasteiger partial charge >= 0.3 is 0 Å². The molecule has 11 heteroatoms. The molecule has 0 aromatic heterocycles. The molecule has 0 heterocycles. The van der Waals surface area contributed by atoms with E-state index < -0.39 is 11.4 Å². The lowest BCUT2D eigenvalue weighted by atomic mass is 10.3. The molecule has 3 amide bonds. The second kappa shape index (κ2) is 13.4. The topological polar surface area (TPSA) is 164 Å². The first kappa shape index (κ1) is 23.2. The van der Waals surface area contributed by atoms with Crippen LogP contribution in [0.15, 0.2) is 0 Å². The molecule has 1 aliphatic carbocycles. The summed E-state index contributed by atoms with van der Waals surface area (Å²) in [6.07, 6.45) is 1.46. The number of nitrogens with one attached hydrogen (secondary N) is 2. The molecular formula is C16H30N4O7. The van der Waals surface area contributed by atoms with Gasteiger partial charge in [-0.15, -0.1) is 0 Å². The third-order valence-electron chi connectivity index (χ3n) is 3.56. The molecule has 0 radical (unpaired) electrons. The average Bonchev–Trinajstić information content (AvgIpc) is 3.38. The van der Waals surface area contributed by atoms with Crippen LogP contribution in [0.2, 0.25) is 0 Å². The van der Waals surface area contributed by atoms with Crippen molar-refractivity contribution in [2.24, 2.45) is 11.5 Å². The Kier molecular flexibility index (Phi) is 11.5. The van der Waals surface area contributed by atoms with Crippen molar-refractivity contribution in [3.05, 3.63) is 0 Å². The van der Waals surface area contributed by atoms with E-state index in [0.717, 1.165) is 12.8 Å². The number of ether oxygens (including phenoxy) is 4. The third kappa shape index (κ3) is 12.3. The summed E-state index contributed by atoms with van der Waals surface area (Å²) in [5.41, 5.74) is 9.98.